The van der Waals surface area contributed by atoms with Crippen molar-refractivity contribution in [3.63, 3.8) is 0 Å². The summed E-state index contributed by atoms with van der Waals surface area (Å²) in [7, 11) is 1.68. The number of nitrogens with one attached hydrogen (secondary N) is 1. The van der Waals surface area contributed by atoms with Gasteiger partial charge in [-0.15, -0.1) is 0 Å². The van der Waals surface area contributed by atoms with E-state index in [2.05, 4.69) is 42.1 Å². The minimum absolute atomic E-state index is 0.0712. The summed E-state index contributed by atoms with van der Waals surface area (Å²) in [6.07, 6.45) is 1.81. The third kappa shape index (κ3) is 4.26. The fourth-order valence-electron chi connectivity index (χ4n) is 2.01. The fourth-order valence-corrected chi connectivity index (χ4v) is 2.01. The molecular weight excluding hydrogens is 262 g/mol. The van der Waals surface area contributed by atoms with Gasteiger partial charge in [-0.2, -0.15) is 0 Å². The lowest BCUT2D eigenvalue weighted by molar-refractivity contribution is 0.411. The molecule has 112 valence electrons. The Morgan fingerprint density at radius 2 is 1.95 bits per heavy atom. The average Bonchev–Trinajstić information content (AvgIpc) is 2.44. The van der Waals surface area contributed by atoms with Crippen molar-refractivity contribution in [1.82, 2.24) is 15.3 Å². The first-order chi connectivity index (χ1) is 9.89. The van der Waals surface area contributed by atoms with Gasteiger partial charge in [0.15, 0.2) is 5.82 Å². The summed E-state index contributed by atoms with van der Waals surface area (Å²) in [5.41, 5.74) is 3.15. The van der Waals surface area contributed by atoms with E-state index in [-0.39, 0.29) is 5.54 Å². The van der Waals surface area contributed by atoms with Crippen LogP contribution in [0.2, 0.25) is 0 Å². The smallest absolute Gasteiger partial charge is 0.159 e. The minimum Gasteiger partial charge on any atom is -0.496 e. The number of benzene rings is 1. The van der Waals surface area contributed by atoms with E-state index >= 15 is 0 Å². The molecule has 0 atom stereocenters. The highest BCUT2D eigenvalue weighted by Crippen LogP contribution is 2.23. The van der Waals surface area contributed by atoms with Crippen LogP contribution in [-0.4, -0.2) is 22.6 Å². The maximum absolute atomic E-state index is 5.28. The molecule has 0 fully saturated rings. The maximum Gasteiger partial charge on any atom is 0.159 e. The third-order valence-electron chi connectivity index (χ3n) is 3.17. The normalized spacial score (nSPS) is 11.5. The van der Waals surface area contributed by atoms with Crippen molar-refractivity contribution in [1.29, 1.82) is 0 Å². The van der Waals surface area contributed by atoms with Crippen molar-refractivity contribution in [3.8, 4) is 17.1 Å². The van der Waals surface area contributed by atoms with Crippen LogP contribution in [-0.2, 0) is 6.54 Å². The average molecular weight is 285 g/mol. The molecule has 0 radical (unpaired) electrons. The molecule has 4 nitrogen and oxygen atoms in total. The molecule has 2 aromatic rings. The van der Waals surface area contributed by atoms with Gasteiger partial charge in [-0.1, -0.05) is 0 Å². The summed E-state index contributed by atoms with van der Waals surface area (Å²) in [5, 5.41) is 3.44. The van der Waals surface area contributed by atoms with Crippen molar-refractivity contribution in [2.75, 3.05) is 7.11 Å². The van der Waals surface area contributed by atoms with E-state index < -0.39 is 0 Å². The van der Waals surface area contributed by atoms with Gasteiger partial charge in [0.2, 0.25) is 0 Å². The Bertz CT molecular complexity index is 618. The molecule has 0 aliphatic rings. The van der Waals surface area contributed by atoms with Gasteiger partial charge in [0.05, 0.1) is 12.8 Å². The highest BCUT2D eigenvalue weighted by molar-refractivity contribution is 5.58. The zero-order chi connectivity index (χ0) is 15.5. The largest absolute Gasteiger partial charge is 0.496 e. The first kappa shape index (κ1) is 15.4. The molecule has 0 bridgehead atoms. The molecule has 4 heteroatoms. The number of aryl methyl sites for hydroxylation is 1. The number of ether oxygens (including phenoxy) is 1. The highest BCUT2D eigenvalue weighted by Gasteiger charge is 2.10. The molecule has 0 spiro atoms. The molecule has 0 aliphatic heterocycles. The van der Waals surface area contributed by atoms with Crippen molar-refractivity contribution >= 4 is 0 Å². The van der Waals surface area contributed by atoms with Gasteiger partial charge in [-0.05, 0) is 57.5 Å². The summed E-state index contributed by atoms with van der Waals surface area (Å²) in [6.45, 7) is 9.17. The van der Waals surface area contributed by atoms with Crippen LogP contribution in [0, 0.1) is 6.92 Å². The van der Waals surface area contributed by atoms with E-state index in [4.69, 9.17) is 4.74 Å². The molecule has 21 heavy (non-hydrogen) atoms. The van der Waals surface area contributed by atoms with Gasteiger partial charge in [0.1, 0.15) is 5.75 Å². The van der Waals surface area contributed by atoms with Crippen LogP contribution in [0.5, 0.6) is 5.75 Å². The minimum atomic E-state index is 0.0712. The predicted octanol–water partition coefficient (Wildman–Crippen LogP) is 3.35. The summed E-state index contributed by atoms with van der Waals surface area (Å²) >= 11 is 0. The molecule has 1 heterocycles. The number of methoxy groups -OCH3 is 1. The lowest BCUT2D eigenvalue weighted by atomic mass is 10.1. The van der Waals surface area contributed by atoms with E-state index in [1.807, 2.05) is 31.3 Å². The molecule has 1 aromatic heterocycles. The molecule has 0 saturated heterocycles. The number of hydrogen-bond acceptors (Lipinski definition) is 4. The Balaban J connectivity index is 2.22. The highest BCUT2D eigenvalue weighted by atomic mass is 16.5. The second-order valence-electron chi connectivity index (χ2n) is 6.16. The SMILES string of the molecule is COc1ccc(-c2nccc(CNC(C)(C)C)n2)cc1C. The van der Waals surface area contributed by atoms with Crippen LogP contribution in [0.15, 0.2) is 30.5 Å². The molecule has 1 aromatic carbocycles. The van der Waals surface area contributed by atoms with Crippen LogP contribution in [0.3, 0.4) is 0 Å². The van der Waals surface area contributed by atoms with Gasteiger partial charge in [0.25, 0.3) is 0 Å². The summed E-state index contributed by atoms with van der Waals surface area (Å²) < 4.78 is 5.28. The van der Waals surface area contributed by atoms with Gasteiger partial charge < -0.3 is 10.1 Å². The van der Waals surface area contributed by atoms with Crippen molar-refractivity contribution in [2.24, 2.45) is 0 Å². The predicted molar refractivity (Wildman–Crippen MR) is 85.3 cm³/mol. The molecular formula is C17H23N3O. The summed E-state index contributed by atoms with van der Waals surface area (Å²) in [4.78, 5) is 9.00. The lowest BCUT2D eigenvalue weighted by Gasteiger charge is -2.20. The van der Waals surface area contributed by atoms with E-state index in [0.717, 1.165) is 34.9 Å². The number of aromatic nitrogens is 2. The number of hydrogen-bond donors (Lipinski definition) is 1. The third-order valence-corrected chi connectivity index (χ3v) is 3.17. The van der Waals surface area contributed by atoms with Gasteiger partial charge in [-0.25, -0.2) is 9.97 Å². The van der Waals surface area contributed by atoms with Gasteiger partial charge in [-0.3, -0.25) is 0 Å². The monoisotopic (exact) mass is 285 g/mol. The molecule has 0 unspecified atom stereocenters. The first-order valence-corrected chi connectivity index (χ1v) is 7.11. The second-order valence-corrected chi connectivity index (χ2v) is 6.16. The van der Waals surface area contributed by atoms with E-state index in [1.165, 1.54) is 0 Å². The van der Waals surface area contributed by atoms with E-state index in [9.17, 15) is 0 Å². The van der Waals surface area contributed by atoms with Crippen LogP contribution in [0.1, 0.15) is 32.0 Å². The quantitative estimate of drug-likeness (QED) is 0.936. The van der Waals surface area contributed by atoms with Crippen LogP contribution >= 0.6 is 0 Å². The molecule has 0 saturated carbocycles. The molecule has 1 N–H and O–H groups in total. The summed E-state index contributed by atoms with van der Waals surface area (Å²) in [6, 6.07) is 7.93. The molecule has 0 aliphatic carbocycles. The van der Waals surface area contributed by atoms with Gasteiger partial charge >= 0.3 is 0 Å². The molecule has 0 amide bonds. The topological polar surface area (TPSA) is 47.0 Å². The Kier molecular flexibility index (Phi) is 4.58. The van der Waals surface area contributed by atoms with Crippen molar-refractivity contribution in [2.45, 2.75) is 39.8 Å². The van der Waals surface area contributed by atoms with E-state index in [0.29, 0.717) is 0 Å². The lowest BCUT2D eigenvalue weighted by Crippen LogP contribution is -2.35. The Labute approximate surface area is 126 Å². The van der Waals surface area contributed by atoms with E-state index in [1.54, 1.807) is 7.11 Å². The van der Waals surface area contributed by atoms with Gasteiger partial charge in [0, 0.05) is 23.8 Å². The van der Waals surface area contributed by atoms with Crippen molar-refractivity contribution < 1.29 is 4.74 Å². The first-order valence-electron chi connectivity index (χ1n) is 7.11. The zero-order valence-corrected chi connectivity index (χ0v) is 13.4. The maximum atomic E-state index is 5.28. The second kappa shape index (κ2) is 6.22. The number of rotatable bonds is 4. The van der Waals surface area contributed by atoms with Crippen LogP contribution < -0.4 is 10.1 Å². The van der Waals surface area contributed by atoms with Crippen LogP contribution in [0.25, 0.3) is 11.4 Å². The zero-order valence-electron chi connectivity index (χ0n) is 13.4. The van der Waals surface area contributed by atoms with Crippen LogP contribution in [0.4, 0.5) is 0 Å². The molecule has 2 rings (SSSR count). The fraction of sp³-hybridized carbons (Fsp3) is 0.412. The Morgan fingerprint density at radius 1 is 1.19 bits per heavy atom. The number of nitrogens with zero attached hydrogens (tertiary/aromatic N) is 2. The Hall–Kier alpha value is -1.94. The summed E-state index contributed by atoms with van der Waals surface area (Å²) in [5.74, 6) is 1.62. The van der Waals surface area contributed by atoms with Crippen molar-refractivity contribution in [3.05, 3.63) is 41.7 Å². The standard InChI is InChI=1S/C17H23N3O/c1-12-10-13(6-7-15(12)21-5)16-18-9-8-14(20-16)11-19-17(2,3)4/h6-10,19H,11H2,1-5H3. The Morgan fingerprint density at radius 3 is 2.57 bits per heavy atom.